The van der Waals surface area contributed by atoms with Gasteiger partial charge >= 0.3 is 11.6 Å². The van der Waals surface area contributed by atoms with Crippen molar-refractivity contribution in [3.63, 3.8) is 0 Å². The van der Waals surface area contributed by atoms with E-state index in [4.69, 9.17) is 18.6 Å². The number of rotatable bonds is 12. The molecule has 0 atom stereocenters. The fourth-order valence-electron chi connectivity index (χ4n) is 4.57. The van der Waals surface area contributed by atoms with E-state index in [9.17, 15) is 19.3 Å². The number of ether oxygens (including phenoxy) is 3. The van der Waals surface area contributed by atoms with Gasteiger partial charge in [0.05, 0.1) is 18.2 Å². The molecule has 2 aromatic heterocycles. The first-order chi connectivity index (χ1) is 21.7. The minimum atomic E-state index is -0.625. The van der Waals surface area contributed by atoms with Crippen molar-refractivity contribution in [3.8, 4) is 22.9 Å². The van der Waals surface area contributed by atoms with Gasteiger partial charge in [0, 0.05) is 28.7 Å². The van der Waals surface area contributed by atoms with Gasteiger partial charge in [-0.05, 0) is 86.1 Å². The SMILES string of the molecule is COc1cc(/C=N/NC(=O)c2ccc(COc3ccc(-n4c(C)ccc4C)cc3)o2)cc([N+](=O)[O-])c1OCc1ccc(F)cc1. The zero-order valence-corrected chi connectivity index (χ0v) is 24.7. The number of carbonyl (C=O) groups is 1. The average molecular weight is 613 g/mol. The predicted molar refractivity (Wildman–Crippen MR) is 164 cm³/mol. The van der Waals surface area contributed by atoms with E-state index in [1.165, 1.54) is 55.8 Å². The minimum absolute atomic E-state index is 0.00718. The van der Waals surface area contributed by atoms with Crippen molar-refractivity contribution in [2.24, 2.45) is 5.10 Å². The lowest BCUT2D eigenvalue weighted by Crippen LogP contribution is -2.16. The van der Waals surface area contributed by atoms with Crippen molar-refractivity contribution in [1.82, 2.24) is 9.99 Å². The number of carbonyl (C=O) groups excluding carboxylic acids is 1. The Morgan fingerprint density at radius 3 is 2.36 bits per heavy atom. The second-order valence-corrected chi connectivity index (χ2v) is 9.94. The second kappa shape index (κ2) is 13.6. The summed E-state index contributed by atoms with van der Waals surface area (Å²) in [5, 5.41) is 15.7. The first-order valence-electron chi connectivity index (χ1n) is 13.8. The lowest BCUT2D eigenvalue weighted by Gasteiger charge is -2.12. The van der Waals surface area contributed by atoms with Crippen molar-refractivity contribution < 1.29 is 32.7 Å². The molecule has 0 bridgehead atoms. The largest absolute Gasteiger partial charge is 0.493 e. The summed E-state index contributed by atoms with van der Waals surface area (Å²) in [5.41, 5.74) is 6.15. The molecule has 0 unspecified atom stereocenters. The molecular weight excluding hydrogens is 583 g/mol. The highest BCUT2D eigenvalue weighted by Gasteiger charge is 2.22. The first-order valence-corrected chi connectivity index (χ1v) is 13.8. The molecule has 0 fully saturated rings. The Kier molecular flexibility index (Phi) is 9.23. The summed E-state index contributed by atoms with van der Waals surface area (Å²) in [6, 6.07) is 23.2. The van der Waals surface area contributed by atoms with Crippen LogP contribution in [0.25, 0.3) is 5.69 Å². The molecular formula is C33H29FN4O7. The van der Waals surface area contributed by atoms with Gasteiger partial charge < -0.3 is 23.2 Å². The van der Waals surface area contributed by atoms with Crippen LogP contribution in [0.1, 0.15) is 38.8 Å². The van der Waals surface area contributed by atoms with Gasteiger partial charge in [-0.2, -0.15) is 5.10 Å². The van der Waals surface area contributed by atoms with Crippen molar-refractivity contribution in [3.05, 3.63) is 135 Å². The third kappa shape index (κ3) is 7.36. The molecule has 5 rings (SSSR count). The van der Waals surface area contributed by atoms with E-state index in [1.807, 2.05) is 38.1 Å². The number of hydrogen-bond donors (Lipinski definition) is 1. The normalized spacial score (nSPS) is 11.0. The van der Waals surface area contributed by atoms with E-state index in [2.05, 4.69) is 27.2 Å². The Bertz CT molecular complexity index is 1820. The van der Waals surface area contributed by atoms with Crippen LogP contribution in [0.3, 0.4) is 0 Å². The molecule has 5 aromatic rings. The topological polar surface area (TPSA) is 130 Å². The molecule has 0 aliphatic heterocycles. The highest BCUT2D eigenvalue weighted by Crippen LogP contribution is 2.38. The Balaban J connectivity index is 1.18. The maximum atomic E-state index is 13.2. The molecule has 2 heterocycles. The maximum absolute atomic E-state index is 13.2. The molecule has 230 valence electrons. The van der Waals surface area contributed by atoms with Crippen LogP contribution >= 0.6 is 0 Å². The fraction of sp³-hybridized carbons (Fsp3) is 0.152. The second-order valence-electron chi connectivity index (χ2n) is 9.94. The first kappa shape index (κ1) is 30.5. The van der Waals surface area contributed by atoms with Crippen molar-refractivity contribution >= 4 is 17.8 Å². The number of nitro benzene ring substituents is 1. The number of nitro groups is 1. The van der Waals surface area contributed by atoms with Gasteiger partial charge in [-0.25, -0.2) is 9.82 Å². The summed E-state index contributed by atoms with van der Waals surface area (Å²) < 4.78 is 37.7. The Labute approximate surface area is 257 Å². The summed E-state index contributed by atoms with van der Waals surface area (Å²) in [4.78, 5) is 23.7. The molecule has 1 amide bonds. The van der Waals surface area contributed by atoms with E-state index < -0.39 is 16.6 Å². The smallest absolute Gasteiger partial charge is 0.315 e. The Morgan fingerprint density at radius 1 is 0.978 bits per heavy atom. The van der Waals surface area contributed by atoms with Gasteiger partial charge in [0.2, 0.25) is 5.75 Å². The van der Waals surface area contributed by atoms with E-state index in [1.54, 1.807) is 6.07 Å². The van der Waals surface area contributed by atoms with Crippen molar-refractivity contribution in [2.75, 3.05) is 7.11 Å². The van der Waals surface area contributed by atoms with Crippen LogP contribution < -0.4 is 19.6 Å². The van der Waals surface area contributed by atoms with E-state index in [0.717, 1.165) is 17.1 Å². The van der Waals surface area contributed by atoms with Gasteiger partial charge in [-0.15, -0.1) is 0 Å². The van der Waals surface area contributed by atoms with E-state index >= 15 is 0 Å². The minimum Gasteiger partial charge on any atom is -0.493 e. The standard InChI is InChI=1S/C33H29FN4O7/c1-21-4-5-22(2)37(21)26-10-12-27(13-11-26)43-20-28-14-15-30(45-28)33(39)36-35-18-24-16-29(38(40)41)32(31(17-24)42-3)44-19-23-6-8-25(34)9-7-23/h4-18H,19-20H2,1-3H3,(H,36,39)/b35-18+. The summed E-state index contributed by atoms with van der Waals surface area (Å²) in [5.74, 6) is 0.0366. The highest BCUT2D eigenvalue weighted by molar-refractivity contribution is 5.92. The van der Waals surface area contributed by atoms with Crippen molar-refractivity contribution in [1.29, 1.82) is 0 Å². The molecule has 0 aliphatic carbocycles. The number of nitrogens with one attached hydrogen (secondary N) is 1. The van der Waals surface area contributed by atoms with Gasteiger partial charge in [-0.3, -0.25) is 14.9 Å². The average Bonchev–Trinajstić information content (AvgIpc) is 3.65. The van der Waals surface area contributed by atoms with Crippen molar-refractivity contribution in [2.45, 2.75) is 27.1 Å². The van der Waals surface area contributed by atoms with Crippen LogP contribution in [0.2, 0.25) is 0 Å². The van der Waals surface area contributed by atoms with Gasteiger partial charge in [0.25, 0.3) is 0 Å². The summed E-state index contributed by atoms with van der Waals surface area (Å²) in [6.45, 7) is 4.15. The third-order valence-electron chi connectivity index (χ3n) is 6.78. The molecule has 3 aromatic carbocycles. The summed E-state index contributed by atoms with van der Waals surface area (Å²) in [7, 11) is 1.34. The molecule has 45 heavy (non-hydrogen) atoms. The van der Waals surface area contributed by atoms with Crippen LogP contribution in [0.5, 0.6) is 17.2 Å². The number of aryl methyl sites for hydroxylation is 2. The maximum Gasteiger partial charge on any atom is 0.315 e. The Hall–Kier alpha value is -5.91. The fourth-order valence-corrected chi connectivity index (χ4v) is 4.57. The lowest BCUT2D eigenvalue weighted by atomic mass is 10.1. The predicted octanol–water partition coefficient (Wildman–Crippen LogP) is 6.66. The van der Waals surface area contributed by atoms with E-state index in [0.29, 0.717) is 17.1 Å². The number of furan rings is 1. The van der Waals surface area contributed by atoms with Crippen LogP contribution in [0.4, 0.5) is 10.1 Å². The molecule has 0 radical (unpaired) electrons. The molecule has 0 saturated carbocycles. The van der Waals surface area contributed by atoms with Crippen LogP contribution in [-0.4, -0.2) is 28.7 Å². The monoisotopic (exact) mass is 612 g/mol. The third-order valence-corrected chi connectivity index (χ3v) is 6.78. The van der Waals surface area contributed by atoms with Crippen LogP contribution in [-0.2, 0) is 13.2 Å². The zero-order valence-electron chi connectivity index (χ0n) is 24.7. The molecule has 0 aliphatic rings. The van der Waals surface area contributed by atoms with Gasteiger partial charge in [-0.1, -0.05) is 12.1 Å². The number of aromatic nitrogens is 1. The lowest BCUT2D eigenvalue weighted by molar-refractivity contribution is -0.386. The van der Waals surface area contributed by atoms with Crippen LogP contribution in [0, 0.1) is 29.8 Å². The molecule has 12 heteroatoms. The molecule has 1 N–H and O–H groups in total. The van der Waals surface area contributed by atoms with Gasteiger partial charge in [0.15, 0.2) is 11.5 Å². The van der Waals surface area contributed by atoms with Crippen LogP contribution in [0.15, 0.2) is 94.4 Å². The number of nitrogens with zero attached hydrogens (tertiary/aromatic N) is 3. The molecule has 0 spiro atoms. The van der Waals surface area contributed by atoms with Gasteiger partial charge in [0.1, 0.15) is 30.5 Å². The molecule has 11 nitrogen and oxygen atoms in total. The number of hydrazone groups is 1. The number of hydrogen-bond acceptors (Lipinski definition) is 8. The van der Waals surface area contributed by atoms with E-state index in [-0.39, 0.29) is 41.7 Å². The number of methoxy groups -OCH3 is 1. The number of halogens is 1. The number of amides is 1. The Morgan fingerprint density at radius 2 is 1.69 bits per heavy atom. The zero-order chi connectivity index (χ0) is 31.9. The molecule has 0 saturated heterocycles. The highest BCUT2D eigenvalue weighted by atomic mass is 19.1. The number of benzene rings is 3. The summed E-state index contributed by atoms with van der Waals surface area (Å²) in [6.07, 6.45) is 1.23. The quantitative estimate of drug-likeness (QED) is 0.0947. The summed E-state index contributed by atoms with van der Waals surface area (Å²) >= 11 is 0.